The second-order valence-corrected chi connectivity index (χ2v) is 5.78. The summed E-state index contributed by atoms with van der Waals surface area (Å²) >= 11 is 0. The second kappa shape index (κ2) is 7.93. The summed E-state index contributed by atoms with van der Waals surface area (Å²) in [7, 11) is 0. The van der Waals surface area contributed by atoms with Gasteiger partial charge in [-0.1, -0.05) is 18.2 Å². The highest BCUT2D eigenvalue weighted by Gasteiger charge is 2.27. The van der Waals surface area contributed by atoms with E-state index in [9.17, 15) is 10.1 Å². The maximum atomic E-state index is 11.7. The van der Waals surface area contributed by atoms with Crippen LogP contribution in [0.3, 0.4) is 0 Å². The molecule has 0 atom stereocenters. The summed E-state index contributed by atoms with van der Waals surface area (Å²) in [6.45, 7) is 1.41. The Kier molecular flexibility index (Phi) is 5.23. The molecule has 2 heterocycles. The minimum atomic E-state index is -0.636. The van der Waals surface area contributed by atoms with Crippen molar-refractivity contribution in [1.29, 1.82) is 10.5 Å². The van der Waals surface area contributed by atoms with Gasteiger partial charge in [0.2, 0.25) is 11.6 Å². The summed E-state index contributed by atoms with van der Waals surface area (Å²) in [5.74, 6) is -0.151. The molecule has 3 rings (SSSR count). The van der Waals surface area contributed by atoms with E-state index < -0.39 is 10.6 Å². The van der Waals surface area contributed by atoms with Crippen molar-refractivity contribution in [3.8, 4) is 12.1 Å². The number of nitrogens with one attached hydrogen (secondary N) is 1. The molecular formula is C18H14N8O2. The number of nitro groups is 1. The van der Waals surface area contributed by atoms with Crippen molar-refractivity contribution in [2.75, 3.05) is 23.3 Å². The Hall–Kier alpha value is -4.31. The van der Waals surface area contributed by atoms with Crippen molar-refractivity contribution < 1.29 is 4.92 Å². The topological polar surface area (TPSA) is 145 Å². The van der Waals surface area contributed by atoms with Crippen molar-refractivity contribution >= 4 is 33.9 Å². The normalized spacial score (nSPS) is 10.1. The highest BCUT2D eigenvalue weighted by atomic mass is 16.6. The molecule has 0 aliphatic rings. The van der Waals surface area contributed by atoms with Gasteiger partial charge in [-0.25, -0.2) is 9.97 Å². The van der Waals surface area contributed by atoms with Crippen LogP contribution in [-0.2, 0) is 0 Å². The van der Waals surface area contributed by atoms with Gasteiger partial charge in [0.15, 0.2) is 0 Å². The molecule has 10 heteroatoms. The zero-order chi connectivity index (χ0) is 20.1. The number of aryl methyl sites for hydroxylation is 1. The first-order chi connectivity index (χ1) is 13.5. The third-order valence-corrected chi connectivity index (χ3v) is 3.92. The van der Waals surface area contributed by atoms with Gasteiger partial charge in [-0.05, 0) is 19.1 Å². The lowest BCUT2D eigenvalue weighted by Crippen LogP contribution is -2.26. The average Bonchev–Trinajstić information content (AvgIpc) is 2.68. The third-order valence-electron chi connectivity index (χ3n) is 3.92. The monoisotopic (exact) mass is 374 g/mol. The Bertz CT molecular complexity index is 1120. The van der Waals surface area contributed by atoms with Crippen LogP contribution in [0.4, 0.5) is 23.0 Å². The standard InChI is InChI=1S/C18H14N8O2/c1-12-5-6-13-3-2-4-14(15(13)23-12)24-17-16(26(27)28)18(22-11-21-17)25(9-7-19)10-8-20/h2-6,11H,9-10H2,1H3,(H,21,22,24). The number of para-hydroxylation sites is 1. The number of hydrogen-bond acceptors (Lipinski definition) is 9. The first-order valence-electron chi connectivity index (χ1n) is 8.16. The summed E-state index contributed by atoms with van der Waals surface area (Å²) in [6.07, 6.45) is 1.15. The van der Waals surface area contributed by atoms with E-state index in [1.165, 1.54) is 4.90 Å². The van der Waals surface area contributed by atoms with Crippen LogP contribution < -0.4 is 10.2 Å². The molecule has 0 saturated carbocycles. The largest absolute Gasteiger partial charge is 0.353 e. The maximum absolute atomic E-state index is 11.7. The van der Waals surface area contributed by atoms with E-state index >= 15 is 0 Å². The van der Waals surface area contributed by atoms with Crippen LogP contribution in [0.1, 0.15) is 5.69 Å². The van der Waals surface area contributed by atoms with Crippen molar-refractivity contribution in [3.05, 3.63) is 52.5 Å². The Morgan fingerprint density at radius 2 is 1.93 bits per heavy atom. The van der Waals surface area contributed by atoms with Crippen LogP contribution in [-0.4, -0.2) is 33.0 Å². The predicted octanol–water partition coefficient (Wildman–Crippen LogP) is 2.84. The first-order valence-corrected chi connectivity index (χ1v) is 8.16. The first kappa shape index (κ1) is 18.5. The van der Waals surface area contributed by atoms with Gasteiger partial charge in [0.1, 0.15) is 19.4 Å². The van der Waals surface area contributed by atoms with Gasteiger partial charge >= 0.3 is 5.69 Å². The Balaban J connectivity index is 2.12. The van der Waals surface area contributed by atoms with Gasteiger partial charge in [0.25, 0.3) is 0 Å². The summed E-state index contributed by atoms with van der Waals surface area (Å²) in [5, 5.41) is 33.5. The molecule has 28 heavy (non-hydrogen) atoms. The van der Waals surface area contributed by atoms with Crippen LogP contribution in [0.2, 0.25) is 0 Å². The smallest absolute Gasteiger partial charge is 0.332 e. The Labute approximate surface area is 159 Å². The zero-order valence-corrected chi connectivity index (χ0v) is 14.8. The molecule has 0 bridgehead atoms. The number of fused-ring (bicyclic) bond motifs is 1. The summed E-state index contributed by atoms with van der Waals surface area (Å²) < 4.78 is 0. The molecule has 1 N–H and O–H groups in total. The van der Waals surface area contributed by atoms with Gasteiger partial charge in [0.05, 0.1) is 28.3 Å². The molecular weight excluding hydrogens is 360 g/mol. The lowest BCUT2D eigenvalue weighted by Gasteiger charge is -2.17. The van der Waals surface area contributed by atoms with Crippen molar-refractivity contribution in [3.63, 3.8) is 0 Å². The molecule has 0 unspecified atom stereocenters. The number of hydrogen-bond donors (Lipinski definition) is 1. The zero-order valence-electron chi connectivity index (χ0n) is 14.8. The minimum absolute atomic E-state index is 0.0494. The number of rotatable bonds is 6. The quantitative estimate of drug-likeness (QED) is 0.391. The van der Waals surface area contributed by atoms with Crippen molar-refractivity contribution in [2.45, 2.75) is 6.92 Å². The van der Waals surface area contributed by atoms with E-state index in [-0.39, 0.29) is 24.7 Å². The highest BCUT2D eigenvalue weighted by molar-refractivity contribution is 5.93. The highest BCUT2D eigenvalue weighted by Crippen LogP contribution is 2.34. The van der Waals surface area contributed by atoms with E-state index in [0.29, 0.717) is 11.2 Å². The summed E-state index contributed by atoms with van der Waals surface area (Å²) in [4.78, 5) is 24.7. The van der Waals surface area contributed by atoms with Crippen LogP contribution in [0.5, 0.6) is 0 Å². The SMILES string of the molecule is Cc1ccc2cccc(Nc3ncnc(N(CC#N)CC#N)c3[N+](=O)[O-])c2n1. The van der Waals surface area contributed by atoms with E-state index in [4.69, 9.17) is 10.5 Å². The number of aromatic nitrogens is 3. The van der Waals surface area contributed by atoms with Gasteiger partial charge in [-0.2, -0.15) is 10.5 Å². The Morgan fingerprint density at radius 3 is 2.61 bits per heavy atom. The molecule has 138 valence electrons. The number of benzene rings is 1. The van der Waals surface area contributed by atoms with Gasteiger partial charge in [-0.15, -0.1) is 0 Å². The van der Waals surface area contributed by atoms with E-state index in [1.54, 1.807) is 12.1 Å². The summed E-state index contributed by atoms with van der Waals surface area (Å²) in [6, 6.07) is 13.0. The fourth-order valence-corrected chi connectivity index (χ4v) is 2.71. The van der Waals surface area contributed by atoms with Crippen molar-refractivity contribution in [2.24, 2.45) is 0 Å². The molecule has 3 aromatic rings. The third kappa shape index (κ3) is 3.61. The van der Waals surface area contributed by atoms with Gasteiger partial charge in [0, 0.05) is 11.1 Å². The second-order valence-electron chi connectivity index (χ2n) is 5.78. The van der Waals surface area contributed by atoms with E-state index in [0.717, 1.165) is 17.4 Å². The van der Waals surface area contributed by atoms with E-state index in [2.05, 4.69) is 20.3 Å². The maximum Gasteiger partial charge on any atom is 0.353 e. The van der Waals surface area contributed by atoms with Gasteiger partial charge in [-0.3, -0.25) is 15.1 Å². The molecule has 0 fully saturated rings. The number of nitrogens with zero attached hydrogens (tertiary/aromatic N) is 7. The molecule has 0 amide bonds. The lowest BCUT2D eigenvalue weighted by molar-refractivity contribution is -0.383. The molecule has 0 aliphatic heterocycles. The molecule has 1 aromatic carbocycles. The molecule has 0 spiro atoms. The minimum Gasteiger partial charge on any atom is -0.332 e. The average molecular weight is 374 g/mol. The fraction of sp³-hybridized carbons (Fsp3) is 0.167. The summed E-state index contributed by atoms with van der Waals surface area (Å²) in [5.41, 5.74) is 1.57. The van der Waals surface area contributed by atoms with Crippen LogP contribution in [0.15, 0.2) is 36.7 Å². The van der Waals surface area contributed by atoms with E-state index in [1.807, 2.05) is 37.3 Å². The predicted molar refractivity (Wildman–Crippen MR) is 102 cm³/mol. The number of anilines is 3. The molecule has 10 nitrogen and oxygen atoms in total. The fourth-order valence-electron chi connectivity index (χ4n) is 2.71. The Morgan fingerprint density at radius 1 is 1.18 bits per heavy atom. The molecule has 2 aromatic heterocycles. The number of pyridine rings is 1. The van der Waals surface area contributed by atoms with Crippen molar-refractivity contribution in [1.82, 2.24) is 15.0 Å². The van der Waals surface area contributed by atoms with Crippen LogP contribution >= 0.6 is 0 Å². The van der Waals surface area contributed by atoms with Gasteiger partial charge < -0.3 is 10.2 Å². The van der Waals surface area contributed by atoms with Crippen LogP contribution in [0.25, 0.3) is 10.9 Å². The van der Waals surface area contributed by atoms with Crippen LogP contribution in [0, 0.1) is 39.7 Å². The molecule has 0 saturated heterocycles. The molecule has 0 aliphatic carbocycles. The number of nitriles is 2. The lowest BCUT2D eigenvalue weighted by atomic mass is 10.1. The molecule has 0 radical (unpaired) electrons.